The Morgan fingerprint density at radius 2 is 1.93 bits per heavy atom. The van der Waals surface area contributed by atoms with E-state index in [4.69, 9.17) is 14.6 Å². The summed E-state index contributed by atoms with van der Waals surface area (Å²) in [6, 6.07) is 0. The lowest BCUT2D eigenvalue weighted by molar-refractivity contribution is -0.142. The molecule has 0 heterocycles. The number of ether oxygens (including phenoxy) is 2. The van der Waals surface area contributed by atoms with E-state index in [9.17, 15) is 9.59 Å². The molecular formula is C9H14O5. The van der Waals surface area contributed by atoms with Gasteiger partial charge >= 0.3 is 11.9 Å². The Morgan fingerprint density at radius 3 is 2.43 bits per heavy atom. The molecule has 0 saturated carbocycles. The van der Waals surface area contributed by atoms with Crippen LogP contribution in [0.1, 0.15) is 13.3 Å². The molecule has 0 amide bonds. The van der Waals surface area contributed by atoms with Crippen molar-refractivity contribution in [2.75, 3.05) is 19.8 Å². The number of carboxylic acids is 1. The van der Waals surface area contributed by atoms with E-state index in [0.717, 1.165) is 0 Å². The first-order valence-corrected chi connectivity index (χ1v) is 4.16. The van der Waals surface area contributed by atoms with Crippen LogP contribution in [0.2, 0.25) is 0 Å². The van der Waals surface area contributed by atoms with Gasteiger partial charge in [0.2, 0.25) is 0 Å². The average molecular weight is 202 g/mol. The third-order valence-corrected chi connectivity index (χ3v) is 1.27. The second-order valence-electron chi connectivity index (χ2n) is 2.67. The first-order valence-electron chi connectivity index (χ1n) is 4.16. The molecule has 0 aliphatic carbocycles. The van der Waals surface area contributed by atoms with Gasteiger partial charge in [-0.25, -0.2) is 4.79 Å². The topological polar surface area (TPSA) is 72.8 Å². The largest absolute Gasteiger partial charge is 0.481 e. The number of esters is 1. The molecule has 80 valence electrons. The highest BCUT2D eigenvalue weighted by Crippen LogP contribution is 1.91. The first-order chi connectivity index (χ1) is 6.54. The van der Waals surface area contributed by atoms with Crippen LogP contribution >= 0.6 is 0 Å². The van der Waals surface area contributed by atoms with Crippen molar-refractivity contribution in [3.63, 3.8) is 0 Å². The summed E-state index contributed by atoms with van der Waals surface area (Å²) in [5, 5.41) is 8.25. The lowest BCUT2D eigenvalue weighted by Gasteiger charge is -2.04. The first kappa shape index (κ1) is 12.6. The Hall–Kier alpha value is -1.36. The summed E-state index contributed by atoms with van der Waals surface area (Å²) < 4.78 is 9.59. The third-order valence-electron chi connectivity index (χ3n) is 1.27. The van der Waals surface area contributed by atoms with Gasteiger partial charge in [0.1, 0.15) is 6.61 Å². The number of carboxylic acid groups (broad SMARTS) is 1. The van der Waals surface area contributed by atoms with Crippen molar-refractivity contribution in [3.05, 3.63) is 12.2 Å². The van der Waals surface area contributed by atoms with Gasteiger partial charge in [0.15, 0.2) is 0 Å². The van der Waals surface area contributed by atoms with Gasteiger partial charge in [0.25, 0.3) is 0 Å². The van der Waals surface area contributed by atoms with Gasteiger partial charge in [0, 0.05) is 5.57 Å². The Morgan fingerprint density at radius 1 is 1.29 bits per heavy atom. The van der Waals surface area contributed by atoms with E-state index < -0.39 is 11.9 Å². The third kappa shape index (κ3) is 7.30. The quantitative estimate of drug-likeness (QED) is 0.371. The maximum atomic E-state index is 10.8. The van der Waals surface area contributed by atoms with Crippen LogP contribution in [-0.4, -0.2) is 36.9 Å². The normalized spacial score (nSPS) is 9.50. The molecule has 1 N–H and O–H groups in total. The lowest BCUT2D eigenvalue weighted by atomic mass is 10.4. The molecule has 0 aromatic rings. The fraction of sp³-hybridized carbons (Fsp3) is 0.556. The van der Waals surface area contributed by atoms with Crippen molar-refractivity contribution in [3.8, 4) is 0 Å². The number of carbonyl (C=O) groups excluding carboxylic acids is 1. The molecule has 0 rings (SSSR count). The van der Waals surface area contributed by atoms with Crippen molar-refractivity contribution < 1.29 is 24.2 Å². The molecule has 0 bridgehead atoms. The number of aliphatic carboxylic acids is 1. The van der Waals surface area contributed by atoms with E-state index in [1.54, 1.807) is 6.92 Å². The Bertz CT molecular complexity index is 221. The molecule has 14 heavy (non-hydrogen) atoms. The predicted molar refractivity (Wildman–Crippen MR) is 48.8 cm³/mol. The molecule has 0 spiro atoms. The van der Waals surface area contributed by atoms with Gasteiger partial charge in [-0.3, -0.25) is 4.79 Å². The van der Waals surface area contributed by atoms with Crippen LogP contribution in [0.15, 0.2) is 12.2 Å². The van der Waals surface area contributed by atoms with Crippen LogP contribution in [0.4, 0.5) is 0 Å². The van der Waals surface area contributed by atoms with Crippen LogP contribution < -0.4 is 0 Å². The summed E-state index contributed by atoms with van der Waals surface area (Å²) in [6.45, 7) is 5.39. The molecule has 5 nitrogen and oxygen atoms in total. The maximum Gasteiger partial charge on any atom is 0.333 e. The van der Waals surface area contributed by atoms with E-state index in [1.807, 2.05) is 0 Å². The molecule has 5 heteroatoms. The summed E-state index contributed by atoms with van der Waals surface area (Å²) in [7, 11) is 0. The minimum absolute atomic E-state index is 0.0472. The van der Waals surface area contributed by atoms with Crippen LogP contribution in [0.3, 0.4) is 0 Å². The van der Waals surface area contributed by atoms with E-state index in [-0.39, 0.29) is 26.2 Å². The van der Waals surface area contributed by atoms with Gasteiger partial charge in [-0.2, -0.15) is 0 Å². The summed E-state index contributed by atoms with van der Waals surface area (Å²) >= 11 is 0. The lowest BCUT2D eigenvalue weighted by Crippen LogP contribution is -2.12. The van der Waals surface area contributed by atoms with E-state index in [2.05, 4.69) is 6.58 Å². The molecule has 0 atom stereocenters. The zero-order valence-corrected chi connectivity index (χ0v) is 8.12. The summed E-state index contributed by atoms with van der Waals surface area (Å²) in [5.41, 5.74) is 0.329. The number of hydrogen-bond donors (Lipinski definition) is 1. The summed E-state index contributed by atoms with van der Waals surface area (Å²) in [4.78, 5) is 20.9. The minimum atomic E-state index is -0.913. The average Bonchev–Trinajstić information content (AvgIpc) is 2.09. The van der Waals surface area contributed by atoms with Crippen molar-refractivity contribution >= 4 is 11.9 Å². The Kier molecular flexibility index (Phi) is 6.39. The molecule has 0 fully saturated rings. The van der Waals surface area contributed by atoms with Gasteiger partial charge in [0.05, 0.1) is 19.6 Å². The zero-order valence-electron chi connectivity index (χ0n) is 8.12. The maximum absolute atomic E-state index is 10.8. The van der Waals surface area contributed by atoms with Gasteiger partial charge in [-0.1, -0.05) is 6.58 Å². The molecule has 0 aliphatic heterocycles. The number of carbonyl (C=O) groups is 2. The number of rotatable bonds is 7. The number of hydrogen-bond acceptors (Lipinski definition) is 4. The summed E-state index contributed by atoms with van der Waals surface area (Å²) in [6.07, 6.45) is -0.0472. The van der Waals surface area contributed by atoms with Crippen molar-refractivity contribution in [1.29, 1.82) is 0 Å². The molecular weight excluding hydrogens is 188 g/mol. The molecule has 0 unspecified atom stereocenters. The highest BCUT2D eigenvalue weighted by atomic mass is 16.6. The molecule has 0 aliphatic rings. The second kappa shape index (κ2) is 7.08. The molecule has 0 saturated heterocycles. The predicted octanol–water partition coefficient (Wildman–Crippen LogP) is 0.597. The van der Waals surface area contributed by atoms with Crippen LogP contribution in [-0.2, 0) is 19.1 Å². The van der Waals surface area contributed by atoms with Crippen molar-refractivity contribution in [1.82, 2.24) is 0 Å². The Balaban J connectivity index is 3.26. The molecule has 0 aromatic heterocycles. The molecule has 0 aromatic carbocycles. The van der Waals surface area contributed by atoms with Crippen LogP contribution in [0.25, 0.3) is 0 Å². The minimum Gasteiger partial charge on any atom is -0.481 e. The zero-order chi connectivity index (χ0) is 11.0. The fourth-order valence-corrected chi connectivity index (χ4v) is 0.578. The standard InChI is InChI=1S/C9H14O5/c1-7(2)9(12)14-6-5-13-4-3-8(10)11/h1,3-6H2,2H3,(H,10,11). The highest BCUT2D eigenvalue weighted by molar-refractivity contribution is 5.86. The fourth-order valence-electron chi connectivity index (χ4n) is 0.578. The van der Waals surface area contributed by atoms with E-state index in [0.29, 0.717) is 5.57 Å². The van der Waals surface area contributed by atoms with Gasteiger partial charge in [-0.05, 0) is 6.92 Å². The highest BCUT2D eigenvalue weighted by Gasteiger charge is 2.02. The van der Waals surface area contributed by atoms with Gasteiger partial charge < -0.3 is 14.6 Å². The smallest absolute Gasteiger partial charge is 0.333 e. The second-order valence-corrected chi connectivity index (χ2v) is 2.67. The molecule has 0 radical (unpaired) electrons. The van der Waals surface area contributed by atoms with E-state index >= 15 is 0 Å². The Labute approximate surface area is 82.3 Å². The van der Waals surface area contributed by atoms with Gasteiger partial charge in [-0.15, -0.1) is 0 Å². The summed E-state index contributed by atoms with van der Waals surface area (Å²) in [5.74, 6) is -1.38. The van der Waals surface area contributed by atoms with Crippen molar-refractivity contribution in [2.24, 2.45) is 0 Å². The monoisotopic (exact) mass is 202 g/mol. The van der Waals surface area contributed by atoms with Crippen LogP contribution in [0.5, 0.6) is 0 Å². The van der Waals surface area contributed by atoms with Crippen molar-refractivity contribution in [2.45, 2.75) is 13.3 Å². The SMILES string of the molecule is C=C(C)C(=O)OCCOCCC(=O)O. The van der Waals surface area contributed by atoms with E-state index in [1.165, 1.54) is 0 Å². The van der Waals surface area contributed by atoms with Crippen LogP contribution in [0, 0.1) is 0 Å².